The molecule has 0 fully saturated rings. The number of aryl methyl sites for hydroxylation is 1. The number of pyridine rings is 1. The largest absolute Gasteiger partial charge is 0.343 e. The molecule has 108 valence electrons. The van der Waals surface area contributed by atoms with Crippen LogP contribution in [0.1, 0.15) is 24.8 Å². The quantitative estimate of drug-likeness (QED) is 0.805. The predicted molar refractivity (Wildman–Crippen MR) is 92.1 cm³/mol. The predicted octanol–water partition coefficient (Wildman–Crippen LogP) is 5.30. The Morgan fingerprint density at radius 3 is 2.95 bits per heavy atom. The summed E-state index contributed by atoms with van der Waals surface area (Å²) in [6.07, 6.45) is 13.8. The number of rotatable bonds is 3. The van der Waals surface area contributed by atoms with E-state index in [-0.39, 0.29) is 0 Å². The minimum absolute atomic E-state index is 0.559. The summed E-state index contributed by atoms with van der Waals surface area (Å²) < 4.78 is 0.998. The third kappa shape index (κ3) is 3.35. The van der Waals surface area contributed by atoms with Crippen molar-refractivity contribution in [1.29, 1.82) is 0 Å². The van der Waals surface area contributed by atoms with E-state index in [1.165, 1.54) is 16.8 Å². The molecule has 0 bridgehead atoms. The highest BCUT2D eigenvalue weighted by atomic mass is 79.9. The highest BCUT2D eigenvalue weighted by Crippen LogP contribution is 2.36. The molecule has 0 saturated carbocycles. The van der Waals surface area contributed by atoms with E-state index in [1.54, 1.807) is 0 Å². The first-order valence-electron chi connectivity index (χ1n) is 7.25. The number of anilines is 1. The van der Waals surface area contributed by atoms with Gasteiger partial charge in [-0.3, -0.25) is 0 Å². The highest BCUT2D eigenvalue weighted by molar-refractivity contribution is 9.10. The number of aromatic nitrogens is 1. The van der Waals surface area contributed by atoms with Crippen LogP contribution in [0.4, 0.5) is 5.82 Å². The molecule has 1 atom stereocenters. The molecule has 1 unspecified atom stereocenters. The number of nitrogens with zero attached hydrogens (tertiary/aromatic N) is 1. The second kappa shape index (κ2) is 6.02. The van der Waals surface area contributed by atoms with Crippen molar-refractivity contribution in [3.8, 4) is 0 Å². The Kier molecular flexibility index (Phi) is 4.11. The van der Waals surface area contributed by atoms with E-state index in [4.69, 9.17) is 0 Å². The number of hydrogen-bond donors (Lipinski definition) is 1. The van der Waals surface area contributed by atoms with Crippen LogP contribution in [0.2, 0.25) is 0 Å². The average molecular weight is 343 g/mol. The van der Waals surface area contributed by atoms with Crippen LogP contribution in [0.15, 0.2) is 64.5 Å². The van der Waals surface area contributed by atoms with Crippen molar-refractivity contribution < 1.29 is 0 Å². The van der Waals surface area contributed by atoms with Crippen molar-refractivity contribution in [3.05, 3.63) is 70.0 Å². The van der Waals surface area contributed by atoms with Gasteiger partial charge in [0, 0.05) is 11.9 Å². The van der Waals surface area contributed by atoms with Gasteiger partial charge in [0.05, 0.1) is 4.47 Å². The lowest BCUT2D eigenvalue weighted by atomic mass is 9.83. The Labute approximate surface area is 134 Å². The summed E-state index contributed by atoms with van der Waals surface area (Å²) in [6, 6.07) is 2.08. The Hall–Kier alpha value is -1.61. The first kappa shape index (κ1) is 14.3. The van der Waals surface area contributed by atoms with Gasteiger partial charge in [-0.15, -0.1) is 0 Å². The van der Waals surface area contributed by atoms with Crippen LogP contribution in [0.5, 0.6) is 0 Å². The lowest BCUT2D eigenvalue weighted by Crippen LogP contribution is -2.15. The fraction of sp³-hybridized carbons (Fsp3) is 0.278. The summed E-state index contributed by atoms with van der Waals surface area (Å²) in [5.74, 6) is 1.43. The summed E-state index contributed by atoms with van der Waals surface area (Å²) in [5.41, 5.74) is 5.04. The van der Waals surface area contributed by atoms with Crippen molar-refractivity contribution in [1.82, 2.24) is 4.98 Å². The van der Waals surface area contributed by atoms with E-state index < -0.39 is 0 Å². The Bertz CT molecular complexity index is 668. The Morgan fingerprint density at radius 1 is 1.38 bits per heavy atom. The summed E-state index contributed by atoms with van der Waals surface area (Å²) in [4.78, 5) is 4.46. The monoisotopic (exact) mass is 342 g/mol. The zero-order valence-corrected chi connectivity index (χ0v) is 13.8. The van der Waals surface area contributed by atoms with Crippen LogP contribution in [0, 0.1) is 12.8 Å². The molecule has 3 rings (SSSR count). The Balaban J connectivity index is 1.76. The molecule has 0 radical (unpaired) electrons. The van der Waals surface area contributed by atoms with E-state index in [0.717, 1.165) is 35.1 Å². The molecular weight excluding hydrogens is 324 g/mol. The second-order valence-electron chi connectivity index (χ2n) is 5.77. The zero-order valence-electron chi connectivity index (χ0n) is 12.2. The van der Waals surface area contributed by atoms with E-state index in [2.05, 4.69) is 63.2 Å². The van der Waals surface area contributed by atoms with Crippen LogP contribution in [0.3, 0.4) is 0 Å². The van der Waals surface area contributed by atoms with E-state index in [1.807, 2.05) is 13.1 Å². The van der Waals surface area contributed by atoms with Crippen LogP contribution in [-0.2, 0) is 0 Å². The molecule has 0 aromatic carbocycles. The van der Waals surface area contributed by atoms with Crippen molar-refractivity contribution >= 4 is 21.7 Å². The molecule has 1 aromatic heterocycles. The van der Waals surface area contributed by atoms with Crippen molar-refractivity contribution in [2.45, 2.75) is 26.2 Å². The number of nitrogens with one attached hydrogen (secondary N) is 1. The van der Waals surface area contributed by atoms with Gasteiger partial charge in [0.2, 0.25) is 0 Å². The zero-order chi connectivity index (χ0) is 14.8. The van der Waals surface area contributed by atoms with Gasteiger partial charge in [-0.25, -0.2) is 4.98 Å². The number of hydrogen-bond acceptors (Lipinski definition) is 2. The van der Waals surface area contributed by atoms with Crippen molar-refractivity contribution in [2.75, 3.05) is 5.32 Å². The van der Waals surface area contributed by atoms with Crippen molar-refractivity contribution in [2.24, 2.45) is 5.92 Å². The molecule has 21 heavy (non-hydrogen) atoms. The molecule has 2 nitrogen and oxygen atoms in total. The van der Waals surface area contributed by atoms with Crippen LogP contribution >= 0.6 is 15.9 Å². The van der Waals surface area contributed by atoms with Gasteiger partial charge in [0.15, 0.2) is 0 Å². The number of halogens is 1. The fourth-order valence-corrected chi connectivity index (χ4v) is 3.47. The number of allylic oxidation sites excluding steroid dienone is 7. The maximum Gasteiger partial charge on any atom is 0.144 e. The molecule has 2 aliphatic rings. The standard InChI is InChI=1S/C18H19BrN2/c1-12-7-15(14-5-3-4-6-14)10-16(8-12)21-18-17(19)9-13(2)11-20-18/h3-5,8-9,11,15H,1,6-7,10H2,2H3,(H,20,21). The third-order valence-electron chi connectivity index (χ3n) is 3.93. The van der Waals surface area contributed by atoms with Crippen LogP contribution in [0.25, 0.3) is 0 Å². The normalized spacial score (nSPS) is 21.2. The fourth-order valence-electron chi connectivity index (χ4n) is 2.91. The van der Waals surface area contributed by atoms with Gasteiger partial charge in [-0.2, -0.15) is 0 Å². The molecule has 0 spiro atoms. The first-order valence-corrected chi connectivity index (χ1v) is 8.04. The molecule has 0 amide bonds. The molecule has 1 N–H and O–H groups in total. The topological polar surface area (TPSA) is 24.9 Å². The molecule has 1 aromatic rings. The van der Waals surface area contributed by atoms with E-state index in [0.29, 0.717) is 5.92 Å². The smallest absolute Gasteiger partial charge is 0.144 e. The van der Waals surface area contributed by atoms with Crippen molar-refractivity contribution in [3.63, 3.8) is 0 Å². The third-order valence-corrected chi connectivity index (χ3v) is 4.54. The summed E-state index contributed by atoms with van der Waals surface area (Å²) in [6.45, 7) is 6.21. The molecular formula is C18H19BrN2. The SMILES string of the molecule is C=C1C=C(Nc2ncc(C)cc2Br)CC(C2=CC=CC2)C1. The van der Waals surface area contributed by atoms with Gasteiger partial charge in [-0.1, -0.05) is 36.0 Å². The van der Waals surface area contributed by atoms with Crippen LogP contribution < -0.4 is 5.32 Å². The minimum atomic E-state index is 0.559. The lowest BCUT2D eigenvalue weighted by molar-refractivity contribution is 0.582. The first-order chi connectivity index (χ1) is 10.1. The molecule has 0 saturated heterocycles. The highest BCUT2D eigenvalue weighted by Gasteiger charge is 2.22. The van der Waals surface area contributed by atoms with Gasteiger partial charge in [-0.05, 0) is 65.7 Å². The van der Waals surface area contributed by atoms with E-state index >= 15 is 0 Å². The van der Waals surface area contributed by atoms with Gasteiger partial charge < -0.3 is 5.32 Å². The second-order valence-corrected chi connectivity index (χ2v) is 6.63. The Morgan fingerprint density at radius 2 is 2.24 bits per heavy atom. The molecule has 3 heteroatoms. The summed E-state index contributed by atoms with van der Waals surface area (Å²) in [5, 5.41) is 3.45. The molecule has 1 heterocycles. The van der Waals surface area contributed by atoms with Crippen LogP contribution in [-0.4, -0.2) is 4.98 Å². The van der Waals surface area contributed by atoms with Gasteiger partial charge >= 0.3 is 0 Å². The average Bonchev–Trinajstić information content (AvgIpc) is 2.95. The van der Waals surface area contributed by atoms with Gasteiger partial charge in [0.1, 0.15) is 5.82 Å². The maximum absolute atomic E-state index is 4.46. The maximum atomic E-state index is 4.46. The lowest BCUT2D eigenvalue weighted by Gasteiger charge is -2.26. The molecule has 2 aliphatic carbocycles. The minimum Gasteiger partial charge on any atom is -0.343 e. The summed E-state index contributed by atoms with van der Waals surface area (Å²) in [7, 11) is 0. The molecule has 0 aliphatic heterocycles. The van der Waals surface area contributed by atoms with Gasteiger partial charge in [0.25, 0.3) is 0 Å². The van der Waals surface area contributed by atoms with E-state index in [9.17, 15) is 0 Å². The summed E-state index contributed by atoms with van der Waals surface area (Å²) >= 11 is 3.57.